The Balaban J connectivity index is 1.87. The van der Waals surface area contributed by atoms with E-state index in [1.807, 2.05) is 0 Å². The highest BCUT2D eigenvalue weighted by atomic mass is 32.2. The van der Waals surface area contributed by atoms with Gasteiger partial charge in [-0.25, -0.2) is 0 Å². The van der Waals surface area contributed by atoms with E-state index in [9.17, 15) is 19.7 Å². The molecule has 24 heavy (non-hydrogen) atoms. The van der Waals surface area contributed by atoms with Crippen molar-refractivity contribution in [2.75, 3.05) is 0 Å². The van der Waals surface area contributed by atoms with Gasteiger partial charge in [0, 0.05) is 28.8 Å². The number of hydrogen-bond donors (Lipinski definition) is 1. The van der Waals surface area contributed by atoms with E-state index in [0.717, 1.165) is 11.8 Å². The van der Waals surface area contributed by atoms with Gasteiger partial charge in [0.05, 0.1) is 15.9 Å². The Bertz CT molecular complexity index is 951. The van der Waals surface area contributed by atoms with Crippen molar-refractivity contribution in [1.82, 2.24) is 5.32 Å². The molecule has 0 spiro atoms. The monoisotopic (exact) mass is 338 g/mol. The number of fused-ring (bicyclic) bond motifs is 2. The van der Waals surface area contributed by atoms with E-state index in [1.54, 1.807) is 36.4 Å². The molecule has 4 rings (SSSR count). The topological polar surface area (TPSA) is 89.3 Å². The van der Waals surface area contributed by atoms with Gasteiger partial charge in [-0.3, -0.25) is 19.7 Å². The molecule has 118 valence electrons. The van der Waals surface area contributed by atoms with Crippen molar-refractivity contribution in [1.29, 1.82) is 0 Å². The number of rotatable bonds is 2. The van der Waals surface area contributed by atoms with Crippen LogP contribution in [0.25, 0.3) is 5.70 Å². The molecule has 0 radical (unpaired) electrons. The minimum absolute atomic E-state index is 0.0656. The zero-order valence-electron chi connectivity index (χ0n) is 12.2. The molecule has 0 saturated carbocycles. The number of carbonyl (C=O) groups is 2. The molecule has 2 aromatic carbocycles. The summed E-state index contributed by atoms with van der Waals surface area (Å²) in [5, 5.41) is 12.9. The third-order valence-electron chi connectivity index (χ3n) is 4.05. The summed E-state index contributed by atoms with van der Waals surface area (Å²) in [6.07, 6.45) is 0. The Morgan fingerprint density at radius 2 is 1.79 bits per heavy atom. The molecule has 1 amide bonds. The molecule has 1 atom stereocenters. The summed E-state index contributed by atoms with van der Waals surface area (Å²) in [6.45, 7) is 0. The largest absolute Gasteiger partial charge is 0.316 e. The molecule has 6 nitrogen and oxygen atoms in total. The van der Waals surface area contributed by atoms with Crippen LogP contribution in [0.2, 0.25) is 0 Å². The number of non-ortho nitro benzene ring substituents is 1. The van der Waals surface area contributed by atoms with Crippen molar-refractivity contribution < 1.29 is 14.5 Å². The second kappa shape index (κ2) is 5.31. The molecule has 1 aliphatic heterocycles. The van der Waals surface area contributed by atoms with Crippen LogP contribution in [0.1, 0.15) is 26.7 Å². The van der Waals surface area contributed by atoms with Crippen molar-refractivity contribution in [2.45, 2.75) is 5.25 Å². The van der Waals surface area contributed by atoms with Crippen LogP contribution in [0, 0.1) is 10.1 Å². The van der Waals surface area contributed by atoms with E-state index >= 15 is 0 Å². The average Bonchev–Trinajstić information content (AvgIpc) is 2.87. The Labute approximate surface area is 140 Å². The van der Waals surface area contributed by atoms with Crippen LogP contribution in [0.3, 0.4) is 0 Å². The maximum Gasteiger partial charge on any atom is 0.284 e. The van der Waals surface area contributed by atoms with Gasteiger partial charge in [0.25, 0.3) is 10.9 Å². The van der Waals surface area contributed by atoms with Crippen LogP contribution in [-0.4, -0.2) is 15.9 Å². The van der Waals surface area contributed by atoms with Gasteiger partial charge in [0.1, 0.15) is 0 Å². The number of hydrogen-bond acceptors (Lipinski definition) is 5. The highest BCUT2D eigenvalue weighted by Gasteiger charge is 2.40. The third kappa shape index (κ3) is 2.13. The first-order valence-corrected chi connectivity index (χ1v) is 8.04. The fraction of sp³-hybridized carbons (Fsp3) is 0.0588. The second-order valence-corrected chi connectivity index (χ2v) is 6.50. The summed E-state index contributed by atoms with van der Waals surface area (Å²) >= 11 is 0.959. The lowest BCUT2D eigenvalue weighted by atomic mass is 10.0. The number of Topliss-reactive ketones (excluding diaryl/α,β-unsaturated/α-hetero) is 1. The number of carbonyl (C=O) groups excluding carboxylic acids is 2. The second-order valence-electron chi connectivity index (χ2n) is 5.43. The molecule has 7 heteroatoms. The molecule has 1 heterocycles. The van der Waals surface area contributed by atoms with E-state index in [-0.39, 0.29) is 16.7 Å². The normalized spacial score (nSPS) is 18.9. The predicted molar refractivity (Wildman–Crippen MR) is 89.7 cm³/mol. The summed E-state index contributed by atoms with van der Waals surface area (Å²) < 4.78 is 0. The summed E-state index contributed by atoms with van der Waals surface area (Å²) in [4.78, 5) is 35.4. The van der Waals surface area contributed by atoms with Gasteiger partial charge >= 0.3 is 0 Å². The molecule has 1 aliphatic carbocycles. The van der Waals surface area contributed by atoms with Crippen LogP contribution < -0.4 is 5.32 Å². The fourth-order valence-electron chi connectivity index (χ4n) is 3.02. The molecular formula is C17H10N2O4S. The summed E-state index contributed by atoms with van der Waals surface area (Å²) in [7, 11) is 0. The van der Waals surface area contributed by atoms with Crippen molar-refractivity contribution in [3.8, 4) is 0 Å². The molecule has 1 unspecified atom stereocenters. The SMILES string of the molecule is O=C1NC2=C(C(=O)c3ccccc32)C(c2cccc([N+](=O)[O-])c2)S1. The van der Waals surface area contributed by atoms with Crippen molar-refractivity contribution in [3.63, 3.8) is 0 Å². The first-order valence-electron chi connectivity index (χ1n) is 7.16. The van der Waals surface area contributed by atoms with Crippen LogP contribution >= 0.6 is 11.8 Å². The first-order chi connectivity index (χ1) is 11.6. The van der Waals surface area contributed by atoms with Gasteiger partial charge in [-0.2, -0.15) is 0 Å². The quantitative estimate of drug-likeness (QED) is 0.666. The molecule has 1 N–H and O–H groups in total. The molecule has 2 aliphatic rings. The zero-order chi connectivity index (χ0) is 16.8. The number of amides is 1. The van der Waals surface area contributed by atoms with Gasteiger partial charge in [-0.15, -0.1) is 0 Å². The van der Waals surface area contributed by atoms with Crippen molar-refractivity contribution >= 4 is 34.2 Å². The van der Waals surface area contributed by atoms with Crippen LogP contribution in [0.4, 0.5) is 10.5 Å². The lowest BCUT2D eigenvalue weighted by Crippen LogP contribution is -2.25. The zero-order valence-corrected chi connectivity index (χ0v) is 13.0. The first kappa shape index (κ1) is 14.6. The molecular weight excluding hydrogens is 328 g/mol. The average molecular weight is 338 g/mol. The van der Waals surface area contributed by atoms with E-state index in [1.165, 1.54) is 12.1 Å². The van der Waals surface area contributed by atoms with Gasteiger partial charge < -0.3 is 5.32 Å². The van der Waals surface area contributed by atoms with E-state index < -0.39 is 10.2 Å². The maximum atomic E-state index is 12.8. The van der Waals surface area contributed by atoms with Crippen LogP contribution in [0.15, 0.2) is 54.1 Å². The van der Waals surface area contributed by atoms with Crippen molar-refractivity contribution in [3.05, 3.63) is 80.9 Å². The molecule has 0 saturated heterocycles. The van der Waals surface area contributed by atoms with Crippen LogP contribution in [-0.2, 0) is 0 Å². The summed E-state index contributed by atoms with van der Waals surface area (Å²) in [5.41, 5.74) is 2.72. The molecule has 0 fully saturated rings. The molecule has 0 bridgehead atoms. The molecule has 0 aromatic heterocycles. The highest BCUT2D eigenvalue weighted by molar-refractivity contribution is 8.14. The van der Waals surface area contributed by atoms with E-state index in [2.05, 4.69) is 5.32 Å². The fourth-order valence-corrected chi connectivity index (χ4v) is 4.02. The van der Waals surface area contributed by atoms with Gasteiger partial charge in [-0.1, -0.05) is 48.2 Å². The standard InChI is InChI=1S/C17H10N2O4S/c20-15-12-7-2-1-6-11(12)14-13(15)16(24-17(21)18-14)9-4-3-5-10(8-9)19(22)23/h1-8,16H,(H,18,21). The number of nitrogens with one attached hydrogen (secondary N) is 1. The van der Waals surface area contributed by atoms with E-state index in [4.69, 9.17) is 0 Å². The maximum absolute atomic E-state index is 12.8. The number of ketones is 1. The van der Waals surface area contributed by atoms with Crippen LogP contribution in [0.5, 0.6) is 0 Å². The van der Waals surface area contributed by atoms with E-state index in [0.29, 0.717) is 28.0 Å². The predicted octanol–water partition coefficient (Wildman–Crippen LogP) is 3.70. The summed E-state index contributed by atoms with van der Waals surface area (Å²) in [6, 6.07) is 13.1. The lowest BCUT2D eigenvalue weighted by molar-refractivity contribution is -0.384. The smallest absolute Gasteiger partial charge is 0.284 e. The number of nitro groups is 1. The Hall–Kier alpha value is -2.93. The Morgan fingerprint density at radius 3 is 2.54 bits per heavy atom. The van der Waals surface area contributed by atoms with Gasteiger partial charge in [0.15, 0.2) is 5.78 Å². The Kier molecular flexibility index (Phi) is 3.24. The number of nitrogens with zero attached hydrogens (tertiary/aromatic N) is 1. The number of benzene rings is 2. The van der Waals surface area contributed by atoms with Crippen molar-refractivity contribution in [2.24, 2.45) is 0 Å². The number of thioether (sulfide) groups is 1. The minimum atomic E-state index is -0.562. The Morgan fingerprint density at radius 1 is 1.04 bits per heavy atom. The third-order valence-corrected chi connectivity index (χ3v) is 5.11. The van der Waals surface area contributed by atoms with Gasteiger partial charge in [0.2, 0.25) is 0 Å². The highest BCUT2D eigenvalue weighted by Crippen LogP contribution is 2.48. The minimum Gasteiger partial charge on any atom is -0.316 e. The van der Waals surface area contributed by atoms with Gasteiger partial charge in [-0.05, 0) is 5.56 Å². The summed E-state index contributed by atoms with van der Waals surface area (Å²) in [5.74, 6) is -0.149. The molecule has 2 aromatic rings. The number of nitro benzene ring substituents is 1. The lowest BCUT2D eigenvalue weighted by Gasteiger charge is -2.23.